The second-order valence-electron chi connectivity index (χ2n) is 5.18. The van der Waals surface area contributed by atoms with Crippen LogP contribution in [-0.2, 0) is 4.79 Å². The number of carbonyl (C=O) groups excluding carboxylic acids is 1. The smallest absolute Gasteiger partial charge is 0.224 e. The van der Waals surface area contributed by atoms with E-state index in [0.717, 1.165) is 18.8 Å². The zero-order chi connectivity index (χ0) is 13.7. The number of anilines is 2. The Balaban J connectivity index is 1.86. The average molecular weight is 262 g/mol. The molecule has 1 unspecified atom stereocenters. The molecule has 19 heavy (non-hydrogen) atoms. The number of nitrogens with zero attached hydrogens (tertiary/aromatic N) is 1. The van der Waals surface area contributed by atoms with Crippen molar-refractivity contribution in [2.75, 3.05) is 23.3 Å². The third kappa shape index (κ3) is 4.24. The number of aliphatic hydroxyl groups excluding tert-OH is 1. The van der Waals surface area contributed by atoms with Gasteiger partial charge >= 0.3 is 0 Å². The molecule has 2 N–H and O–H groups in total. The van der Waals surface area contributed by atoms with Crippen molar-refractivity contribution in [1.82, 2.24) is 0 Å². The number of carbonyl (C=O) groups is 1. The summed E-state index contributed by atoms with van der Waals surface area (Å²) in [6, 6.07) is 7.98. The summed E-state index contributed by atoms with van der Waals surface area (Å²) >= 11 is 0. The van der Waals surface area contributed by atoms with Gasteiger partial charge in [-0.3, -0.25) is 4.79 Å². The molecule has 104 valence electrons. The lowest BCUT2D eigenvalue weighted by Gasteiger charge is -2.17. The van der Waals surface area contributed by atoms with Gasteiger partial charge in [-0.15, -0.1) is 0 Å². The highest BCUT2D eigenvalue weighted by molar-refractivity contribution is 5.90. The van der Waals surface area contributed by atoms with E-state index in [1.165, 1.54) is 18.5 Å². The third-order valence-electron chi connectivity index (χ3n) is 3.41. The van der Waals surface area contributed by atoms with Gasteiger partial charge in [0.25, 0.3) is 0 Å². The fourth-order valence-electron chi connectivity index (χ4n) is 2.29. The first-order valence-electron chi connectivity index (χ1n) is 6.98. The average Bonchev–Trinajstić information content (AvgIpc) is 2.91. The lowest BCUT2D eigenvalue weighted by molar-refractivity contribution is -0.116. The summed E-state index contributed by atoms with van der Waals surface area (Å²) in [6.45, 7) is 3.94. The molecular weight excluding hydrogens is 240 g/mol. The molecule has 1 aliphatic heterocycles. The van der Waals surface area contributed by atoms with E-state index < -0.39 is 6.10 Å². The van der Waals surface area contributed by atoms with E-state index in [4.69, 9.17) is 5.11 Å². The molecule has 0 radical (unpaired) electrons. The van der Waals surface area contributed by atoms with E-state index in [-0.39, 0.29) is 5.91 Å². The van der Waals surface area contributed by atoms with E-state index in [1.54, 1.807) is 6.92 Å². The summed E-state index contributed by atoms with van der Waals surface area (Å²) in [7, 11) is 0. The summed E-state index contributed by atoms with van der Waals surface area (Å²) in [5.74, 6) is -0.0465. The van der Waals surface area contributed by atoms with Crippen molar-refractivity contribution < 1.29 is 9.90 Å². The fourth-order valence-corrected chi connectivity index (χ4v) is 2.29. The van der Waals surface area contributed by atoms with Crippen LogP contribution in [0.2, 0.25) is 0 Å². The Labute approximate surface area is 114 Å². The number of amides is 1. The first-order chi connectivity index (χ1) is 9.15. The number of hydrogen-bond donors (Lipinski definition) is 2. The largest absolute Gasteiger partial charge is 0.393 e. The summed E-state index contributed by atoms with van der Waals surface area (Å²) in [5, 5.41) is 12.0. The molecule has 1 aromatic carbocycles. The Hall–Kier alpha value is -1.55. The summed E-state index contributed by atoms with van der Waals surface area (Å²) < 4.78 is 0. The molecule has 0 bridgehead atoms. The minimum absolute atomic E-state index is 0.0465. The lowest BCUT2D eigenvalue weighted by Crippen LogP contribution is -2.17. The van der Waals surface area contributed by atoms with Crippen LogP contribution in [0, 0.1) is 0 Å². The van der Waals surface area contributed by atoms with Crippen molar-refractivity contribution in [2.45, 2.75) is 38.7 Å². The van der Waals surface area contributed by atoms with Crippen LogP contribution in [0.5, 0.6) is 0 Å². The van der Waals surface area contributed by atoms with Crippen LogP contribution >= 0.6 is 0 Å². The quantitative estimate of drug-likeness (QED) is 0.856. The van der Waals surface area contributed by atoms with Gasteiger partial charge in [0.1, 0.15) is 0 Å². The van der Waals surface area contributed by atoms with Gasteiger partial charge in [0.05, 0.1) is 6.10 Å². The van der Waals surface area contributed by atoms with Crippen LogP contribution in [0.25, 0.3) is 0 Å². The maximum atomic E-state index is 11.6. The molecular formula is C15H22N2O2. The lowest BCUT2D eigenvalue weighted by atomic mass is 10.2. The Bertz CT molecular complexity index is 409. The van der Waals surface area contributed by atoms with Crippen LogP contribution in [0.15, 0.2) is 24.3 Å². The fraction of sp³-hybridized carbons (Fsp3) is 0.533. The predicted molar refractivity (Wildman–Crippen MR) is 77.4 cm³/mol. The van der Waals surface area contributed by atoms with Gasteiger partial charge < -0.3 is 15.3 Å². The Morgan fingerprint density at radius 1 is 1.32 bits per heavy atom. The number of aliphatic hydroxyl groups is 1. The number of rotatable bonds is 5. The maximum absolute atomic E-state index is 11.6. The molecule has 0 aromatic heterocycles. The summed E-state index contributed by atoms with van der Waals surface area (Å²) in [4.78, 5) is 14.0. The molecule has 0 spiro atoms. The van der Waals surface area contributed by atoms with Crippen molar-refractivity contribution in [3.8, 4) is 0 Å². The third-order valence-corrected chi connectivity index (χ3v) is 3.41. The van der Waals surface area contributed by atoms with Gasteiger partial charge in [0, 0.05) is 30.9 Å². The Morgan fingerprint density at radius 3 is 2.53 bits per heavy atom. The molecule has 4 nitrogen and oxygen atoms in total. The van der Waals surface area contributed by atoms with Gasteiger partial charge in [-0.25, -0.2) is 0 Å². The maximum Gasteiger partial charge on any atom is 0.224 e. The summed E-state index contributed by atoms with van der Waals surface area (Å²) in [6.07, 6.45) is 2.95. The summed E-state index contributed by atoms with van der Waals surface area (Å²) in [5.41, 5.74) is 2.04. The molecule has 1 amide bonds. The molecule has 1 fully saturated rings. The molecule has 1 atom stereocenters. The SMILES string of the molecule is CC(O)CCC(=O)Nc1ccc(N2CCCC2)cc1. The van der Waals surface area contributed by atoms with Crippen LogP contribution in [-0.4, -0.2) is 30.2 Å². The van der Waals surface area contributed by atoms with Crippen molar-refractivity contribution in [2.24, 2.45) is 0 Å². The van der Waals surface area contributed by atoms with Crippen LogP contribution in [0.4, 0.5) is 11.4 Å². The minimum atomic E-state index is -0.428. The molecule has 1 heterocycles. The predicted octanol–water partition coefficient (Wildman–Crippen LogP) is 2.39. The van der Waals surface area contributed by atoms with E-state index in [0.29, 0.717) is 12.8 Å². The highest BCUT2D eigenvalue weighted by Gasteiger charge is 2.12. The van der Waals surface area contributed by atoms with Crippen molar-refractivity contribution in [3.05, 3.63) is 24.3 Å². The second kappa shape index (κ2) is 6.57. The zero-order valence-electron chi connectivity index (χ0n) is 11.4. The second-order valence-corrected chi connectivity index (χ2v) is 5.18. The van der Waals surface area contributed by atoms with Gasteiger partial charge in [0.15, 0.2) is 0 Å². The standard InChI is InChI=1S/C15H22N2O2/c1-12(18)4-9-15(19)16-13-5-7-14(8-6-13)17-10-2-3-11-17/h5-8,12,18H,2-4,9-11H2,1H3,(H,16,19). The van der Waals surface area contributed by atoms with E-state index in [9.17, 15) is 4.79 Å². The highest BCUT2D eigenvalue weighted by Crippen LogP contribution is 2.22. The van der Waals surface area contributed by atoms with E-state index in [2.05, 4.69) is 22.3 Å². The first kappa shape index (κ1) is 13.9. The van der Waals surface area contributed by atoms with Gasteiger partial charge in [-0.1, -0.05) is 0 Å². The van der Waals surface area contributed by atoms with E-state index >= 15 is 0 Å². The number of benzene rings is 1. The van der Waals surface area contributed by atoms with Crippen LogP contribution in [0.1, 0.15) is 32.6 Å². The Morgan fingerprint density at radius 2 is 1.95 bits per heavy atom. The van der Waals surface area contributed by atoms with Crippen LogP contribution in [0.3, 0.4) is 0 Å². The normalized spacial score (nSPS) is 16.4. The minimum Gasteiger partial charge on any atom is -0.393 e. The first-order valence-corrected chi connectivity index (χ1v) is 6.98. The molecule has 1 aliphatic rings. The van der Waals surface area contributed by atoms with Crippen molar-refractivity contribution in [3.63, 3.8) is 0 Å². The molecule has 0 saturated carbocycles. The monoisotopic (exact) mass is 262 g/mol. The molecule has 1 saturated heterocycles. The molecule has 1 aromatic rings. The van der Waals surface area contributed by atoms with E-state index in [1.807, 2.05) is 12.1 Å². The highest BCUT2D eigenvalue weighted by atomic mass is 16.3. The molecule has 0 aliphatic carbocycles. The van der Waals surface area contributed by atoms with Crippen LogP contribution < -0.4 is 10.2 Å². The Kier molecular flexibility index (Phi) is 4.80. The zero-order valence-corrected chi connectivity index (χ0v) is 11.4. The van der Waals surface area contributed by atoms with Gasteiger partial charge in [-0.05, 0) is 50.5 Å². The number of hydrogen-bond acceptors (Lipinski definition) is 3. The molecule has 2 rings (SSSR count). The van der Waals surface area contributed by atoms with Crippen molar-refractivity contribution in [1.29, 1.82) is 0 Å². The number of nitrogens with one attached hydrogen (secondary N) is 1. The van der Waals surface area contributed by atoms with Gasteiger partial charge in [0.2, 0.25) is 5.91 Å². The topological polar surface area (TPSA) is 52.6 Å². The molecule has 4 heteroatoms. The van der Waals surface area contributed by atoms with Crippen molar-refractivity contribution >= 4 is 17.3 Å². The van der Waals surface area contributed by atoms with Gasteiger partial charge in [-0.2, -0.15) is 0 Å².